The molecule has 0 amide bonds. The Bertz CT molecular complexity index is 327. The van der Waals surface area contributed by atoms with E-state index in [9.17, 15) is 8.42 Å². The average Bonchev–Trinajstić information content (AvgIpc) is 2.33. The van der Waals surface area contributed by atoms with Gasteiger partial charge < -0.3 is 5.73 Å². The fourth-order valence-corrected chi connectivity index (χ4v) is 3.99. The summed E-state index contributed by atoms with van der Waals surface area (Å²) in [4.78, 5) is 0. The topological polar surface area (TPSA) is 60.2 Å². The van der Waals surface area contributed by atoms with Gasteiger partial charge in [-0.25, -0.2) is 8.42 Å². The number of hydrogen-bond acceptors (Lipinski definition) is 3. The maximum Gasteiger partial charge on any atom is 0.150 e. The first-order valence-corrected chi connectivity index (χ1v) is 9.26. The van der Waals surface area contributed by atoms with Crippen LogP contribution in [0.1, 0.15) is 58.8 Å². The molecule has 0 heterocycles. The Kier molecular flexibility index (Phi) is 6.64. The van der Waals surface area contributed by atoms with Gasteiger partial charge in [-0.15, -0.1) is 0 Å². The van der Waals surface area contributed by atoms with Gasteiger partial charge in [-0.3, -0.25) is 0 Å². The second-order valence-electron chi connectivity index (χ2n) is 5.77. The first kappa shape index (κ1) is 16.0. The van der Waals surface area contributed by atoms with Crippen LogP contribution >= 0.6 is 0 Å². The fourth-order valence-electron chi connectivity index (χ4n) is 3.10. The van der Waals surface area contributed by atoms with Crippen molar-refractivity contribution in [1.82, 2.24) is 0 Å². The molecule has 0 spiro atoms. The Labute approximate surface area is 112 Å². The predicted molar refractivity (Wildman–Crippen MR) is 77.3 cm³/mol. The van der Waals surface area contributed by atoms with Crippen molar-refractivity contribution in [3.8, 4) is 0 Å². The summed E-state index contributed by atoms with van der Waals surface area (Å²) in [5.74, 6) is 1.97. The van der Waals surface area contributed by atoms with Crippen LogP contribution in [0.5, 0.6) is 0 Å². The van der Waals surface area contributed by atoms with Crippen molar-refractivity contribution in [2.75, 3.05) is 11.5 Å². The van der Waals surface area contributed by atoms with Gasteiger partial charge in [0, 0.05) is 11.8 Å². The highest BCUT2D eigenvalue weighted by Gasteiger charge is 2.27. The molecule has 1 rings (SSSR count). The molecule has 18 heavy (non-hydrogen) atoms. The molecule has 3 atom stereocenters. The Hall–Kier alpha value is -0.0900. The van der Waals surface area contributed by atoms with E-state index in [0.29, 0.717) is 17.7 Å². The van der Waals surface area contributed by atoms with Gasteiger partial charge in [-0.1, -0.05) is 26.7 Å². The second-order valence-corrected chi connectivity index (χ2v) is 8.24. The lowest BCUT2D eigenvalue weighted by atomic mass is 9.75. The summed E-state index contributed by atoms with van der Waals surface area (Å²) in [6.07, 6.45) is 7.91. The van der Waals surface area contributed by atoms with Gasteiger partial charge in [0.05, 0.1) is 5.75 Å². The molecule has 0 radical (unpaired) electrons. The third-order valence-electron chi connectivity index (χ3n) is 4.32. The van der Waals surface area contributed by atoms with Crippen LogP contribution in [0, 0.1) is 11.8 Å². The summed E-state index contributed by atoms with van der Waals surface area (Å²) in [5.41, 5.74) is 6.17. The lowest BCUT2D eigenvalue weighted by Crippen LogP contribution is -2.36. The third-order valence-corrected chi connectivity index (χ3v) is 6.11. The van der Waals surface area contributed by atoms with E-state index in [4.69, 9.17) is 5.73 Å². The molecular weight excluding hydrogens is 246 g/mol. The normalized spacial score (nSPS) is 29.4. The number of sulfone groups is 1. The lowest BCUT2D eigenvalue weighted by Gasteiger charge is -2.34. The molecule has 4 heteroatoms. The zero-order valence-electron chi connectivity index (χ0n) is 11.9. The Balaban J connectivity index is 2.35. The van der Waals surface area contributed by atoms with E-state index in [1.165, 1.54) is 25.7 Å². The molecular formula is C14H29NO2S. The minimum atomic E-state index is -2.80. The first-order valence-electron chi connectivity index (χ1n) is 7.44. The number of hydrogen-bond donors (Lipinski definition) is 1. The summed E-state index contributed by atoms with van der Waals surface area (Å²) in [7, 11) is -2.80. The van der Waals surface area contributed by atoms with Gasteiger partial charge in [0.1, 0.15) is 9.84 Å². The minimum Gasteiger partial charge on any atom is -0.327 e. The Morgan fingerprint density at radius 2 is 1.89 bits per heavy atom. The summed E-state index contributed by atoms with van der Waals surface area (Å²) >= 11 is 0. The van der Waals surface area contributed by atoms with Crippen molar-refractivity contribution in [2.24, 2.45) is 17.6 Å². The molecule has 1 aliphatic carbocycles. The van der Waals surface area contributed by atoms with Crippen molar-refractivity contribution in [3.63, 3.8) is 0 Å². The lowest BCUT2D eigenvalue weighted by molar-refractivity contribution is 0.211. The van der Waals surface area contributed by atoms with E-state index in [1.807, 2.05) is 0 Å². The van der Waals surface area contributed by atoms with Crippen molar-refractivity contribution < 1.29 is 8.42 Å². The van der Waals surface area contributed by atoms with Crippen LogP contribution in [0.4, 0.5) is 0 Å². The molecule has 0 aliphatic heterocycles. The summed E-state index contributed by atoms with van der Waals surface area (Å²) in [5, 5.41) is 0. The molecule has 0 aromatic heterocycles. The van der Waals surface area contributed by atoms with E-state index in [-0.39, 0.29) is 5.75 Å². The summed E-state index contributed by atoms with van der Waals surface area (Å²) in [6, 6.07) is 0.294. The highest BCUT2D eigenvalue weighted by Crippen LogP contribution is 2.33. The summed E-state index contributed by atoms with van der Waals surface area (Å²) < 4.78 is 22.9. The predicted octanol–water partition coefficient (Wildman–Crippen LogP) is 2.75. The molecule has 0 aromatic carbocycles. The molecule has 0 bridgehead atoms. The molecule has 3 unspecified atom stereocenters. The zero-order valence-corrected chi connectivity index (χ0v) is 12.7. The molecule has 108 valence electrons. The Morgan fingerprint density at radius 3 is 2.50 bits per heavy atom. The van der Waals surface area contributed by atoms with Crippen LogP contribution in [-0.4, -0.2) is 26.0 Å². The molecule has 1 saturated carbocycles. The molecule has 2 N–H and O–H groups in total. The molecule has 3 nitrogen and oxygen atoms in total. The number of rotatable bonds is 7. The second kappa shape index (κ2) is 7.49. The van der Waals surface area contributed by atoms with Gasteiger partial charge in [-0.05, 0) is 43.9 Å². The van der Waals surface area contributed by atoms with Gasteiger partial charge >= 0.3 is 0 Å². The largest absolute Gasteiger partial charge is 0.327 e. The van der Waals surface area contributed by atoms with Crippen LogP contribution in [-0.2, 0) is 9.84 Å². The molecule has 1 fully saturated rings. The van der Waals surface area contributed by atoms with Gasteiger partial charge in [0.15, 0.2) is 0 Å². The standard InChI is InChI=1S/C14H29NO2S/c1-3-6-12-8-9-14(15)13(11-12)7-5-10-18(16,17)4-2/h12-14H,3-11,15H2,1-2H3. The number of nitrogens with two attached hydrogens (primary N) is 1. The monoisotopic (exact) mass is 275 g/mol. The highest BCUT2D eigenvalue weighted by molar-refractivity contribution is 7.91. The average molecular weight is 275 g/mol. The SMILES string of the molecule is CCCC1CCC(N)C(CCCS(=O)(=O)CC)C1. The van der Waals surface area contributed by atoms with E-state index in [1.54, 1.807) is 6.92 Å². The highest BCUT2D eigenvalue weighted by atomic mass is 32.2. The van der Waals surface area contributed by atoms with Crippen LogP contribution in [0.15, 0.2) is 0 Å². The van der Waals surface area contributed by atoms with Crippen LogP contribution < -0.4 is 5.73 Å². The first-order chi connectivity index (χ1) is 8.48. The Morgan fingerprint density at radius 1 is 1.17 bits per heavy atom. The van der Waals surface area contributed by atoms with Gasteiger partial charge in [0.25, 0.3) is 0 Å². The van der Waals surface area contributed by atoms with Gasteiger partial charge in [0.2, 0.25) is 0 Å². The van der Waals surface area contributed by atoms with E-state index < -0.39 is 9.84 Å². The maximum absolute atomic E-state index is 11.5. The molecule has 1 aliphatic rings. The van der Waals surface area contributed by atoms with E-state index in [0.717, 1.165) is 25.2 Å². The maximum atomic E-state index is 11.5. The molecule has 0 saturated heterocycles. The van der Waals surface area contributed by atoms with Crippen molar-refractivity contribution in [1.29, 1.82) is 0 Å². The van der Waals surface area contributed by atoms with E-state index in [2.05, 4.69) is 6.92 Å². The van der Waals surface area contributed by atoms with Crippen LogP contribution in [0.25, 0.3) is 0 Å². The summed E-state index contributed by atoms with van der Waals surface area (Å²) in [6.45, 7) is 3.95. The van der Waals surface area contributed by atoms with Crippen LogP contribution in [0.2, 0.25) is 0 Å². The smallest absolute Gasteiger partial charge is 0.150 e. The van der Waals surface area contributed by atoms with Gasteiger partial charge in [-0.2, -0.15) is 0 Å². The quantitative estimate of drug-likeness (QED) is 0.777. The van der Waals surface area contributed by atoms with E-state index >= 15 is 0 Å². The minimum absolute atomic E-state index is 0.266. The zero-order chi connectivity index (χ0) is 13.6. The van der Waals surface area contributed by atoms with Crippen molar-refractivity contribution in [2.45, 2.75) is 64.8 Å². The molecule has 0 aromatic rings. The van der Waals surface area contributed by atoms with Crippen molar-refractivity contribution >= 4 is 9.84 Å². The van der Waals surface area contributed by atoms with Crippen molar-refractivity contribution in [3.05, 3.63) is 0 Å². The third kappa shape index (κ3) is 5.27. The fraction of sp³-hybridized carbons (Fsp3) is 1.00. The van der Waals surface area contributed by atoms with Crippen LogP contribution in [0.3, 0.4) is 0 Å².